The maximum atomic E-state index is 13.4. The Morgan fingerprint density at radius 3 is 3.00 bits per heavy atom. The van der Waals surface area contributed by atoms with Crippen molar-refractivity contribution in [2.45, 2.75) is 37.4 Å². The zero-order chi connectivity index (χ0) is 18.8. The summed E-state index contributed by atoms with van der Waals surface area (Å²) in [6.07, 6.45) is 4.98. The third kappa shape index (κ3) is 3.51. The number of carbonyl (C=O) groups excluding carboxylic acids is 1. The lowest BCUT2D eigenvalue weighted by Gasteiger charge is -2.11. The van der Waals surface area contributed by atoms with Crippen LogP contribution in [0.5, 0.6) is 0 Å². The summed E-state index contributed by atoms with van der Waals surface area (Å²) in [6.45, 7) is 2.73. The van der Waals surface area contributed by atoms with Crippen LogP contribution in [0.1, 0.15) is 30.4 Å². The molecule has 0 fully saturated rings. The minimum Gasteiger partial charge on any atom is -0.302 e. The lowest BCUT2D eigenvalue weighted by atomic mass is 9.98. The van der Waals surface area contributed by atoms with Gasteiger partial charge in [0.1, 0.15) is 5.82 Å². The Bertz CT molecular complexity index is 973. The first-order valence-corrected chi connectivity index (χ1v) is 9.93. The quantitative estimate of drug-likeness (QED) is 0.605. The fourth-order valence-corrected chi connectivity index (χ4v) is 4.49. The van der Waals surface area contributed by atoms with Crippen LogP contribution in [0.25, 0.3) is 11.4 Å². The number of hydrogen-bond acceptors (Lipinski definition) is 5. The third-order valence-electron chi connectivity index (χ3n) is 4.87. The molecule has 3 aromatic rings. The molecule has 2 aromatic heterocycles. The van der Waals surface area contributed by atoms with E-state index in [-0.39, 0.29) is 17.5 Å². The van der Waals surface area contributed by atoms with Crippen molar-refractivity contribution in [3.05, 3.63) is 59.7 Å². The summed E-state index contributed by atoms with van der Waals surface area (Å²) in [5.41, 5.74) is 2.82. The molecule has 1 atom stereocenters. The van der Waals surface area contributed by atoms with Crippen LogP contribution in [0.2, 0.25) is 0 Å². The molecule has 0 amide bonds. The van der Waals surface area contributed by atoms with Gasteiger partial charge in [-0.2, -0.15) is 0 Å². The van der Waals surface area contributed by atoms with Crippen LogP contribution in [-0.2, 0) is 17.8 Å². The van der Waals surface area contributed by atoms with Crippen molar-refractivity contribution in [2.75, 3.05) is 5.75 Å². The van der Waals surface area contributed by atoms with E-state index in [4.69, 9.17) is 0 Å². The zero-order valence-electron chi connectivity index (χ0n) is 14.9. The van der Waals surface area contributed by atoms with E-state index in [0.29, 0.717) is 12.3 Å². The summed E-state index contributed by atoms with van der Waals surface area (Å²) in [5.74, 6) is 0.840. The molecule has 7 heteroatoms. The number of thioether (sulfide) groups is 1. The van der Waals surface area contributed by atoms with Crippen LogP contribution in [0, 0.1) is 5.82 Å². The number of hydrogen-bond donors (Lipinski definition) is 0. The summed E-state index contributed by atoms with van der Waals surface area (Å²) in [6, 6.07) is 8.53. The Morgan fingerprint density at radius 1 is 1.33 bits per heavy atom. The number of nitrogens with zero attached hydrogens (tertiary/aromatic N) is 4. The van der Waals surface area contributed by atoms with Crippen molar-refractivity contribution in [3.8, 4) is 11.4 Å². The van der Waals surface area contributed by atoms with Gasteiger partial charge in [0.05, 0.1) is 5.75 Å². The summed E-state index contributed by atoms with van der Waals surface area (Å²) >= 11 is 1.41. The number of pyridine rings is 1. The largest absolute Gasteiger partial charge is 0.302 e. The minimum absolute atomic E-state index is 0.149. The molecule has 2 heterocycles. The molecule has 0 spiro atoms. The highest BCUT2D eigenvalue weighted by molar-refractivity contribution is 7.99. The molecular weight excluding hydrogens is 363 g/mol. The molecule has 0 radical (unpaired) electrons. The molecule has 1 aliphatic rings. The monoisotopic (exact) mass is 382 g/mol. The van der Waals surface area contributed by atoms with E-state index < -0.39 is 0 Å². The fraction of sp³-hybridized carbons (Fsp3) is 0.300. The maximum absolute atomic E-state index is 13.4. The fourth-order valence-electron chi connectivity index (χ4n) is 3.55. The van der Waals surface area contributed by atoms with Gasteiger partial charge in [-0.05, 0) is 55.2 Å². The van der Waals surface area contributed by atoms with Crippen molar-refractivity contribution < 1.29 is 9.18 Å². The highest BCUT2D eigenvalue weighted by atomic mass is 32.2. The Balaban J connectivity index is 1.49. The second kappa shape index (κ2) is 7.60. The summed E-state index contributed by atoms with van der Waals surface area (Å²) in [5, 5.41) is 9.27. The van der Waals surface area contributed by atoms with Gasteiger partial charge in [-0.15, -0.1) is 10.2 Å². The van der Waals surface area contributed by atoms with Crippen molar-refractivity contribution in [3.63, 3.8) is 0 Å². The molecule has 138 valence electrons. The van der Waals surface area contributed by atoms with Crippen LogP contribution >= 0.6 is 11.8 Å². The van der Waals surface area contributed by atoms with Crippen molar-refractivity contribution in [1.29, 1.82) is 0 Å². The highest BCUT2D eigenvalue weighted by Gasteiger charge is 2.29. The van der Waals surface area contributed by atoms with Gasteiger partial charge < -0.3 is 4.57 Å². The smallest absolute Gasteiger partial charge is 0.191 e. The van der Waals surface area contributed by atoms with E-state index >= 15 is 0 Å². The molecule has 1 aliphatic carbocycles. The standard InChI is InChI=1S/C20H19FN4OS/c1-2-25-19(14-4-3-9-22-11-14)23-24-20(25)27-12-18(26)17-7-5-13-10-15(21)6-8-16(13)17/h3-4,6,8-11,17H,2,5,7,12H2,1H3. The lowest BCUT2D eigenvalue weighted by molar-refractivity contribution is -0.117. The molecule has 0 saturated heterocycles. The van der Waals surface area contributed by atoms with Gasteiger partial charge in [0.25, 0.3) is 0 Å². The van der Waals surface area contributed by atoms with Crippen LogP contribution in [0.15, 0.2) is 47.9 Å². The van der Waals surface area contributed by atoms with Crippen LogP contribution < -0.4 is 0 Å². The van der Waals surface area contributed by atoms with Gasteiger partial charge in [-0.25, -0.2) is 4.39 Å². The van der Waals surface area contributed by atoms with Gasteiger partial charge in [0.2, 0.25) is 0 Å². The summed E-state index contributed by atoms with van der Waals surface area (Å²) in [7, 11) is 0. The van der Waals surface area contributed by atoms with Crippen LogP contribution in [-0.4, -0.2) is 31.3 Å². The first-order chi connectivity index (χ1) is 13.2. The van der Waals surface area contributed by atoms with E-state index in [1.165, 1.54) is 17.8 Å². The Morgan fingerprint density at radius 2 is 2.22 bits per heavy atom. The van der Waals surface area contributed by atoms with Gasteiger partial charge in [0, 0.05) is 30.4 Å². The number of aryl methyl sites for hydroxylation is 1. The van der Waals surface area contributed by atoms with Crippen LogP contribution in [0.4, 0.5) is 4.39 Å². The van der Waals surface area contributed by atoms with Gasteiger partial charge in [-0.1, -0.05) is 17.8 Å². The van der Waals surface area contributed by atoms with E-state index in [9.17, 15) is 9.18 Å². The average molecular weight is 382 g/mol. The Hall–Kier alpha value is -2.54. The van der Waals surface area contributed by atoms with Gasteiger partial charge in [0.15, 0.2) is 16.8 Å². The number of halogens is 1. The molecule has 5 nitrogen and oxygen atoms in total. The van der Waals surface area contributed by atoms with Crippen molar-refractivity contribution >= 4 is 17.5 Å². The Kier molecular flexibility index (Phi) is 5.03. The minimum atomic E-state index is -0.241. The predicted octanol–water partition coefficient (Wildman–Crippen LogP) is 3.89. The molecule has 0 N–H and O–H groups in total. The number of carbonyl (C=O) groups is 1. The summed E-state index contributed by atoms with van der Waals surface area (Å²) in [4.78, 5) is 16.9. The van der Waals surface area contributed by atoms with Crippen molar-refractivity contribution in [1.82, 2.24) is 19.7 Å². The second-order valence-electron chi connectivity index (χ2n) is 6.48. The number of fused-ring (bicyclic) bond motifs is 1. The van der Waals surface area contributed by atoms with E-state index in [0.717, 1.165) is 40.5 Å². The number of Topliss-reactive ketones (excluding diaryl/α,β-unsaturated/α-hetero) is 1. The molecular formula is C20H19FN4OS. The molecule has 27 heavy (non-hydrogen) atoms. The molecule has 0 aliphatic heterocycles. The first kappa shape index (κ1) is 17.9. The highest BCUT2D eigenvalue weighted by Crippen LogP contribution is 2.35. The maximum Gasteiger partial charge on any atom is 0.191 e. The number of aromatic nitrogens is 4. The Labute approximate surface area is 161 Å². The number of benzene rings is 1. The first-order valence-electron chi connectivity index (χ1n) is 8.94. The average Bonchev–Trinajstić information content (AvgIpc) is 3.30. The number of rotatable bonds is 6. The van der Waals surface area contributed by atoms with E-state index in [1.54, 1.807) is 24.5 Å². The topological polar surface area (TPSA) is 60.7 Å². The predicted molar refractivity (Wildman–Crippen MR) is 102 cm³/mol. The zero-order valence-corrected chi connectivity index (χ0v) is 15.7. The summed E-state index contributed by atoms with van der Waals surface area (Å²) < 4.78 is 15.4. The SMILES string of the molecule is CCn1c(SCC(=O)C2CCc3cc(F)ccc32)nnc1-c1cccnc1. The molecule has 0 bridgehead atoms. The van der Waals surface area contributed by atoms with Crippen LogP contribution in [0.3, 0.4) is 0 Å². The van der Waals surface area contributed by atoms with E-state index in [1.807, 2.05) is 23.6 Å². The number of ketones is 1. The molecule has 1 aromatic carbocycles. The second-order valence-corrected chi connectivity index (χ2v) is 7.42. The van der Waals surface area contributed by atoms with Crippen molar-refractivity contribution in [2.24, 2.45) is 0 Å². The normalized spacial score (nSPS) is 15.7. The van der Waals surface area contributed by atoms with Gasteiger partial charge in [-0.3, -0.25) is 9.78 Å². The molecule has 0 saturated carbocycles. The third-order valence-corrected chi connectivity index (χ3v) is 5.86. The van der Waals surface area contributed by atoms with Gasteiger partial charge >= 0.3 is 0 Å². The molecule has 4 rings (SSSR count). The lowest BCUT2D eigenvalue weighted by Crippen LogP contribution is -2.13. The van der Waals surface area contributed by atoms with E-state index in [2.05, 4.69) is 15.2 Å². The molecule has 1 unspecified atom stereocenters.